The number of nitrogens with zero attached hydrogens (tertiary/aromatic N) is 2. The molecule has 0 aliphatic rings. The minimum atomic E-state index is -0.522. The molecule has 6 N–H and O–H groups in total. The van der Waals surface area contributed by atoms with E-state index in [1.54, 1.807) is 24.5 Å². The molecule has 25 heavy (non-hydrogen) atoms. The lowest BCUT2D eigenvalue weighted by Crippen LogP contribution is -2.05. The Morgan fingerprint density at radius 3 is 2.20 bits per heavy atom. The van der Waals surface area contributed by atoms with Crippen molar-refractivity contribution in [3.63, 3.8) is 0 Å². The standard InChI is InChI=1S/C19H17N5O/c20-16-6-14(7-17(21)8-16)18-3-1-12(15-9-23-11-24-10-15)5-13(18)2-4-19(22)25/h1-11H,20-21H2,(H2,22,25). The van der Waals surface area contributed by atoms with E-state index in [1.807, 2.05) is 30.3 Å². The van der Waals surface area contributed by atoms with E-state index in [4.69, 9.17) is 17.2 Å². The van der Waals surface area contributed by atoms with Gasteiger partial charge in [-0.1, -0.05) is 12.1 Å². The molecule has 0 saturated heterocycles. The molecule has 0 aliphatic carbocycles. The number of hydrogen-bond donors (Lipinski definition) is 3. The van der Waals surface area contributed by atoms with Gasteiger partial charge in [0, 0.05) is 35.4 Å². The van der Waals surface area contributed by atoms with Gasteiger partial charge >= 0.3 is 0 Å². The topological polar surface area (TPSA) is 121 Å². The Kier molecular flexibility index (Phi) is 4.43. The molecule has 6 heteroatoms. The monoisotopic (exact) mass is 331 g/mol. The molecular formula is C19H17N5O. The first-order valence-electron chi connectivity index (χ1n) is 7.56. The van der Waals surface area contributed by atoms with E-state index in [0.717, 1.165) is 27.8 Å². The van der Waals surface area contributed by atoms with Crippen molar-refractivity contribution in [2.24, 2.45) is 5.73 Å². The maximum Gasteiger partial charge on any atom is 0.241 e. The molecule has 6 nitrogen and oxygen atoms in total. The Morgan fingerprint density at radius 1 is 0.880 bits per heavy atom. The Hall–Kier alpha value is -3.67. The van der Waals surface area contributed by atoms with Gasteiger partial charge in [-0.15, -0.1) is 0 Å². The van der Waals surface area contributed by atoms with Crippen molar-refractivity contribution in [3.05, 3.63) is 66.8 Å². The Morgan fingerprint density at radius 2 is 1.56 bits per heavy atom. The van der Waals surface area contributed by atoms with Gasteiger partial charge < -0.3 is 17.2 Å². The lowest BCUT2D eigenvalue weighted by atomic mass is 9.95. The number of anilines is 2. The van der Waals surface area contributed by atoms with Crippen LogP contribution >= 0.6 is 0 Å². The molecule has 3 rings (SSSR count). The number of primary amides is 1. The summed E-state index contributed by atoms with van der Waals surface area (Å²) in [6.07, 6.45) is 7.91. The number of nitrogen functional groups attached to an aromatic ring is 2. The van der Waals surface area contributed by atoms with Crippen LogP contribution < -0.4 is 17.2 Å². The molecule has 1 heterocycles. The molecule has 0 aliphatic heterocycles. The molecule has 1 amide bonds. The van der Waals surface area contributed by atoms with E-state index in [1.165, 1.54) is 12.4 Å². The second-order valence-electron chi connectivity index (χ2n) is 5.55. The quantitative estimate of drug-likeness (QED) is 0.501. The molecule has 0 bridgehead atoms. The maximum absolute atomic E-state index is 11.2. The van der Waals surface area contributed by atoms with E-state index >= 15 is 0 Å². The van der Waals surface area contributed by atoms with Crippen molar-refractivity contribution >= 4 is 23.4 Å². The van der Waals surface area contributed by atoms with Gasteiger partial charge in [0.25, 0.3) is 0 Å². The Balaban J connectivity index is 2.15. The molecule has 1 aromatic heterocycles. The van der Waals surface area contributed by atoms with E-state index in [2.05, 4.69) is 9.97 Å². The summed E-state index contributed by atoms with van der Waals surface area (Å²) < 4.78 is 0. The van der Waals surface area contributed by atoms with Gasteiger partial charge in [-0.3, -0.25) is 4.79 Å². The third kappa shape index (κ3) is 3.81. The molecule has 0 saturated carbocycles. The summed E-state index contributed by atoms with van der Waals surface area (Å²) in [6, 6.07) is 11.2. The zero-order valence-corrected chi connectivity index (χ0v) is 13.4. The number of aromatic nitrogens is 2. The highest BCUT2D eigenvalue weighted by Gasteiger charge is 2.08. The van der Waals surface area contributed by atoms with E-state index in [-0.39, 0.29) is 0 Å². The zero-order valence-electron chi connectivity index (χ0n) is 13.4. The summed E-state index contributed by atoms with van der Waals surface area (Å²) in [5.41, 5.74) is 22.5. The fourth-order valence-electron chi connectivity index (χ4n) is 2.60. The zero-order chi connectivity index (χ0) is 17.8. The minimum absolute atomic E-state index is 0.522. The molecule has 0 radical (unpaired) electrons. The Bertz CT molecular complexity index is 931. The fraction of sp³-hybridized carbons (Fsp3) is 0. The van der Waals surface area contributed by atoms with E-state index in [0.29, 0.717) is 11.4 Å². The highest BCUT2D eigenvalue weighted by atomic mass is 16.1. The molecule has 124 valence electrons. The predicted molar refractivity (Wildman–Crippen MR) is 100.0 cm³/mol. The van der Waals surface area contributed by atoms with Crippen molar-refractivity contribution < 1.29 is 4.79 Å². The van der Waals surface area contributed by atoms with Gasteiger partial charge in [-0.25, -0.2) is 9.97 Å². The number of benzene rings is 2. The number of nitrogens with two attached hydrogens (primary N) is 3. The van der Waals surface area contributed by atoms with Crippen LogP contribution in [0.15, 0.2) is 61.2 Å². The number of carbonyl (C=O) groups is 1. The Labute approximate surface area is 145 Å². The van der Waals surface area contributed by atoms with E-state index < -0.39 is 5.91 Å². The van der Waals surface area contributed by atoms with Crippen LogP contribution in [-0.2, 0) is 4.79 Å². The molecule has 0 unspecified atom stereocenters. The summed E-state index contributed by atoms with van der Waals surface area (Å²) in [5.74, 6) is -0.522. The third-order valence-corrected chi connectivity index (χ3v) is 3.66. The normalized spacial score (nSPS) is 10.9. The third-order valence-electron chi connectivity index (χ3n) is 3.66. The summed E-state index contributed by atoms with van der Waals surface area (Å²) in [5, 5.41) is 0. The maximum atomic E-state index is 11.2. The van der Waals surface area contributed by atoms with Crippen LogP contribution in [0.25, 0.3) is 28.3 Å². The van der Waals surface area contributed by atoms with Gasteiger partial charge in [0.2, 0.25) is 5.91 Å². The molecule has 0 spiro atoms. The first kappa shape index (κ1) is 16.2. The SMILES string of the molecule is NC(=O)C=Cc1cc(-c2cncnc2)ccc1-c1cc(N)cc(N)c1. The summed E-state index contributed by atoms with van der Waals surface area (Å²) in [4.78, 5) is 19.2. The van der Waals surface area contributed by atoms with Crippen LogP contribution in [0.3, 0.4) is 0 Å². The lowest BCUT2D eigenvalue weighted by molar-refractivity contribution is -0.113. The smallest absolute Gasteiger partial charge is 0.241 e. The van der Waals surface area contributed by atoms with Gasteiger partial charge in [-0.05, 0) is 52.6 Å². The predicted octanol–water partition coefficient (Wildman–Crippen LogP) is 2.47. The molecule has 2 aromatic carbocycles. The van der Waals surface area contributed by atoms with Crippen LogP contribution in [0.1, 0.15) is 5.56 Å². The average molecular weight is 331 g/mol. The summed E-state index contributed by atoms with van der Waals surface area (Å²) in [7, 11) is 0. The first-order chi connectivity index (χ1) is 12.0. The number of hydrogen-bond acceptors (Lipinski definition) is 5. The van der Waals surface area contributed by atoms with Crippen molar-refractivity contribution in [2.75, 3.05) is 11.5 Å². The van der Waals surface area contributed by atoms with Gasteiger partial charge in [0.1, 0.15) is 6.33 Å². The van der Waals surface area contributed by atoms with Gasteiger partial charge in [0.05, 0.1) is 0 Å². The number of amides is 1. The average Bonchev–Trinajstić information content (AvgIpc) is 2.59. The van der Waals surface area contributed by atoms with Crippen LogP contribution in [0.2, 0.25) is 0 Å². The van der Waals surface area contributed by atoms with E-state index in [9.17, 15) is 4.79 Å². The second kappa shape index (κ2) is 6.84. The lowest BCUT2D eigenvalue weighted by Gasteiger charge is -2.11. The van der Waals surface area contributed by atoms with Crippen LogP contribution in [0, 0.1) is 0 Å². The molecule has 0 fully saturated rings. The number of rotatable bonds is 4. The van der Waals surface area contributed by atoms with Crippen molar-refractivity contribution in [2.45, 2.75) is 0 Å². The van der Waals surface area contributed by atoms with Gasteiger partial charge in [0.15, 0.2) is 0 Å². The highest BCUT2D eigenvalue weighted by molar-refractivity contribution is 5.92. The van der Waals surface area contributed by atoms with Crippen molar-refractivity contribution in [1.82, 2.24) is 9.97 Å². The fourth-order valence-corrected chi connectivity index (χ4v) is 2.60. The molecular weight excluding hydrogens is 314 g/mol. The summed E-state index contributed by atoms with van der Waals surface area (Å²) >= 11 is 0. The largest absolute Gasteiger partial charge is 0.399 e. The number of carbonyl (C=O) groups excluding carboxylic acids is 1. The molecule has 0 atom stereocenters. The molecule has 3 aromatic rings. The van der Waals surface area contributed by atoms with Crippen LogP contribution in [0.4, 0.5) is 11.4 Å². The van der Waals surface area contributed by atoms with Crippen LogP contribution in [-0.4, -0.2) is 15.9 Å². The van der Waals surface area contributed by atoms with Gasteiger partial charge in [-0.2, -0.15) is 0 Å². The highest BCUT2D eigenvalue weighted by Crippen LogP contribution is 2.31. The van der Waals surface area contributed by atoms with Crippen LogP contribution in [0.5, 0.6) is 0 Å². The summed E-state index contributed by atoms with van der Waals surface area (Å²) in [6.45, 7) is 0. The van der Waals surface area contributed by atoms with Crippen molar-refractivity contribution in [3.8, 4) is 22.3 Å². The van der Waals surface area contributed by atoms with Crippen molar-refractivity contribution in [1.29, 1.82) is 0 Å². The minimum Gasteiger partial charge on any atom is -0.399 e. The second-order valence-corrected chi connectivity index (χ2v) is 5.55. The first-order valence-corrected chi connectivity index (χ1v) is 7.56.